The van der Waals surface area contributed by atoms with Gasteiger partial charge in [-0.05, 0) is 43.7 Å². The van der Waals surface area contributed by atoms with Crippen molar-refractivity contribution in [2.45, 2.75) is 31.3 Å². The summed E-state index contributed by atoms with van der Waals surface area (Å²) in [6.07, 6.45) is 4.35. The molecular weight excluding hydrogens is 198 g/mol. The summed E-state index contributed by atoms with van der Waals surface area (Å²) in [5.41, 5.74) is 0.950. The second-order valence-corrected chi connectivity index (χ2v) is 5.20. The molecule has 2 heteroatoms. The van der Waals surface area contributed by atoms with Crippen LogP contribution in [0.15, 0.2) is 30.3 Å². The van der Waals surface area contributed by atoms with Crippen molar-refractivity contribution < 1.29 is 5.11 Å². The van der Waals surface area contributed by atoms with Crippen LogP contribution in [-0.2, 0) is 0 Å². The molecule has 1 aliphatic heterocycles. The first-order chi connectivity index (χ1) is 7.78. The monoisotopic (exact) mass is 217 g/mol. The van der Waals surface area contributed by atoms with Crippen LogP contribution in [0.5, 0.6) is 0 Å². The summed E-state index contributed by atoms with van der Waals surface area (Å²) in [6, 6.07) is 10.5. The zero-order chi connectivity index (χ0) is 11.0. The standard InChI is InChI=1S/C14H19NO/c16-14(12-6-7-12)8-10-15(11-9-14)13-4-2-1-3-5-13/h1-5,12,16H,6-11H2. The highest BCUT2D eigenvalue weighted by molar-refractivity contribution is 5.46. The van der Waals surface area contributed by atoms with Gasteiger partial charge < -0.3 is 10.0 Å². The molecule has 86 valence electrons. The summed E-state index contributed by atoms with van der Waals surface area (Å²) in [5.74, 6) is 0.602. The van der Waals surface area contributed by atoms with Crippen molar-refractivity contribution in [1.29, 1.82) is 0 Å². The van der Waals surface area contributed by atoms with Gasteiger partial charge in [0.15, 0.2) is 0 Å². The molecule has 1 aromatic rings. The van der Waals surface area contributed by atoms with Crippen molar-refractivity contribution >= 4 is 5.69 Å². The number of anilines is 1. The number of hydrogen-bond acceptors (Lipinski definition) is 2. The molecule has 0 atom stereocenters. The molecule has 2 aliphatic rings. The molecule has 0 unspecified atom stereocenters. The molecule has 1 aromatic carbocycles. The molecule has 3 rings (SSSR count). The first kappa shape index (κ1) is 10.2. The van der Waals surface area contributed by atoms with Gasteiger partial charge in [-0.3, -0.25) is 0 Å². The third-order valence-corrected chi connectivity index (χ3v) is 4.09. The molecule has 1 saturated carbocycles. The first-order valence-corrected chi connectivity index (χ1v) is 6.30. The van der Waals surface area contributed by atoms with Gasteiger partial charge in [-0.15, -0.1) is 0 Å². The fourth-order valence-corrected chi connectivity index (χ4v) is 2.82. The summed E-state index contributed by atoms with van der Waals surface area (Å²) in [5, 5.41) is 10.4. The second kappa shape index (κ2) is 3.77. The summed E-state index contributed by atoms with van der Waals surface area (Å²) in [6.45, 7) is 1.99. The number of benzene rings is 1. The van der Waals surface area contributed by atoms with Crippen LogP contribution in [0, 0.1) is 5.92 Å². The lowest BCUT2D eigenvalue weighted by molar-refractivity contribution is -0.00530. The Kier molecular flexibility index (Phi) is 2.40. The van der Waals surface area contributed by atoms with Gasteiger partial charge in [-0.1, -0.05) is 18.2 Å². The van der Waals surface area contributed by atoms with E-state index in [0.717, 1.165) is 25.9 Å². The Hall–Kier alpha value is -1.02. The summed E-state index contributed by atoms with van der Waals surface area (Å²) >= 11 is 0. The lowest BCUT2D eigenvalue weighted by atomic mass is 9.86. The van der Waals surface area contributed by atoms with Crippen molar-refractivity contribution in [1.82, 2.24) is 0 Å². The topological polar surface area (TPSA) is 23.5 Å². The number of aliphatic hydroxyl groups is 1. The Balaban J connectivity index is 1.66. The average molecular weight is 217 g/mol. The maximum atomic E-state index is 10.4. The second-order valence-electron chi connectivity index (χ2n) is 5.20. The number of nitrogens with zero attached hydrogens (tertiary/aromatic N) is 1. The Morgan fingerprint density at radius 3 is 2.25 bits per heavy atom. The predicted octanol–water partition coefficient (Wildman–Crippen LogP) is 2.43. The van der Waals surface area contributed by atoms with Gasteiger partial charge in [0.1, 0.15) is 0 Å². The van der Waals surface area contributed by atoms with Gasteiger partial charge in [-0.25, -0.2) is 0 Å². The third kappa shape index (κ3) is 1.82. The zero-order valence-corrected chi connectivity index (χ0v) is 9.60. The third-order valence-electron chi connectivity index (χ3n) is 4.09. The van der Waals surface area contributed by atoms with Gasteiger partial charge in [0.25, 0.3) is 0 Å². The molecule has 0 radical (unpaired) electrons. The van der Waals surface area contributed by atoms with Crippen molar-refractivity contribution in [3.8, 4) is 0 Å². The molecule has 0 spiro atoms. The molecule has 0 aromatic heterocycles. The van der Waals surface area contributed by atoms with Crippen molar-refractivity contribution in [2.75, 3.05) is 18.0 Å². The lowest BCUT2D eigenvalue weighted by Gasteiger charge is -2.39. The fraction of sp³-hybridized carbons (Fsp3) is 0.571. The molecule has 1 N–H and O–H groups in total. The number of rotatable bonds is 2. The van der Waals surface area contributed by atoms with E-state index in [0.29, 0.717) is 5.92 Å². The largest absolute Gasteiger partial charge is 0.389 e. The minimum Gasteiger partial charge on any atom is -0.389 e. The van der Waals surface area contributed by atoms with Gasteiger partial charge in [0.2, 0.25) is 0 Å². The number of hydrogen-bond donors (Lipinski definition) is 1. The Morgan fingerprint density at radius 1 is 1.06 bits per heavy atom. The highest BCUT2D eigenvalue weighted by atomic mass is 16.3. The van der Waals surface area contributed by atoms with E-state index in [4.69, 9.17) is 0 Å². The Labute approximate surface area is 96.9 Å². The highest BCUT2D eigenvalue weighted by Crippen LogP contribution is 2.45. The fourth-order valence-electron chi connectivity index (χ4n) is 2.82. The molecule has 2 fully saturated rings. The minimum atomic E-state index is -0.342. The van der Waals surface area contributed by atoms with Crippen LogP contribution in [0.1, 0.15) is 25.7 Å². The van der Waals surface area contributed by atoms with E-state index in [9.17, 15) is 5.11 Å². The van der Waals surface area contributed by atoms with Crippen molar-refractivity contribution in [2.24, 2.45) is 5.92 Å². The normalized spacial score (nSPS) is 24.4. The van der Waals surface area contributed by atoms with Gasteiger partial charge >= 0.3 is 0 Å². The van der Waals surface area contributed by atoms with E-state index in [1.807, 2.05) is 6.07 Å². The van der Waals surface area contributed by atoms with E-state index in [2.05, 4.69) is 29.2 Å². The SMILES string of the molecule is OC1(C2CC2)CCN(c2ccccc2)CC1. The van der Waals surface area contributed by atoms with Crippen molar-refractivity contribution in [3.63, 3.8) is 0 Å². The van der Waals surface area contributed by atoms with Crippen LogP contribution in [0.4, 0.5) is 5.69 Å². The van der Waals surface area contributed by atoms with Crippen molar-refractivity contribution in [3.05, 3.63) is 30.3 Å². The highest BCUT2D eigenvalue weighted by Gasteiger charge is 2.45. The van der Waals surface area contributed by atoms with Crippen LogP contribution in [0.2, 0.25) is 0 Å². The van der Waals surface area contributed by atoms with Gasteiger partial charge in [0.05, 0.1) is 5.60 Å². The Morgan fingerprint density at radius 2 is 1.69 bits per heavy atom. The zero-order valence-electron chi connectivity index (χ0n) is 9.60. The van der Waals surface area contributed by atoms with Crippen LogP contribution in [0.25, 0.3) is 0 Å². The smallest absolute Gasteiger partial charge is 0.0709 e. The maximum Gasteiger partial charge on any atom is 0.0709 e. The summed E-state index contributed by atoms with van der Waals surface area (Å²) in [4.78, 5) is 2.39. The molecule has 1 saturated heterocycles. The predicted molar refractivity (Wildman–Crippen MR) is 65.6 cm³/mol. The average Bonchev–Trinajstić information content (AvgIpc) is 3.15. The van der Waals surface area contributed by atoms with Gasteiger partial charge in [0, 0.05) is 18.8 Å². The molecule has 0 bridgehead atoms. The molecule has 1 heterocycles. The van der Waals surface area contributed by atoms with Crippen LogP contribution in [-0.4, -0.2) is 23.8 Å². The number of piperidine rings is 1. The van der Waals surface area contributed by atoms with Gasteiger partial charge in [-0.2, -0.15) is 0 Å². The molecule has 1 aliphatic carbocycles. The summed E-state index contributed by atoms with van der Waals surface area (Å²) in [7, 11) is 0. The minimum absolute atomic E-state index is 0.342. The van der Waals surface area contributed by atoms with E-state index in [-0.39, 0.29) is 5.60 Å². The van der Waals surface area contributed by atoms with E-state index in [1.54, 1.807) is 0 Å². The quantitative estimate of drug-likeness (QED) is 0.822. The molecular formula is C14H19NO. The van der Waals surface area contributed by atoms with E-state index < -0.39 is 0 Å². The van der Waals surface area contributed by atoms with E-state index in [1.165, 1.54) is 18.5 Å². The molecule has 16 heavy (non-hydrogen) atoms. The van der Waals surface area contributed by atoms with Crippen LogP contribution >= 0.6 is 0 Å². The number of para-hydroxylation sites is 1. The van der Waals surface area contributed by atoms with E-state index >= 15 is 0 Å². The molecule has 2 nitrogen and oxygen atoms in total. The first-order valence-electron chi connectivity index (χ1n) is 6.30. The van der Waals surface area contributed by atoms with Crippen LogP contribution in [0.3, 0.4) is 0 Å². The maximum absolute atomic E-state index is 10.4. The van der Waals surface area contributed by atoms with Crippen LogP contribution < -0.4 is 4.90 Å². The molecule has 0 amide bonds. The Bertz CT molecular complexity index is 350. The lowest BCUT2D eigenvalue weighted by Crippen LogP contribution is -2.45. The summed E-state index contributed by atoms with van der Waals surface area (Å²) < 4.78 is 0.